The number of Topliss-reactive ketones (excluding diaryl/α,β-unsaturated/α-hetero) is 1. The van der Waals surface area contributed by atoms with Gasteiger partial charge in [0.25, 0.3) is 0 Å². The molecule has 0 spiro atoms. The van der Waals surface area contributed by atoms with Gasteiger partial charge in [0.05, 0.1) is 16.0 Å². The number of hydrogen-bond donors (Lipinski definition) is 0. The topological polar surface area (TPSA) is 43.4 Å². The summed E-state index contributed by atoms with van der Waals surface area (Å²) in [6.45, 7) is -0.243. The maximum atomic E-state index is 11.7. The van der Waals surface area contributed by atoms with E-state index in [4.69, 9.17) is 27.9 Å². The highest BCUT2D eigenvalue weighted by Gasteiger charge is 2.31. The summed E-state index contributed by atoms with van der Waals surface area (Å²) in [5.74, 6) is -0.576. The molecule has 1 aromatic rings. The van der Waals surface area contributed by atoms with Crippen molar-refractivity contribution in [1.82, 2.24) is 0 Å². The number of hydrogen-bond acceptors (Lipinski definition) is 3. The highest BCUT2D eigenvalue weighted by atomic mass is 35.5. The number of ether oxygens (including phenoxy) is 1. The molecule has 5 heteroatoms. The minimum atomic E-state index is -0.293. The van der Waals surface area contributed by atoms with Gasteiger partial charge < -0.3 is 4.74 Å². The molecule has 0 N–H and O–H groups in total. The summed E-state index contributed by atoms with van der Waals surface area (Å²) in [6.07, 6.45) is 1.72. The summed E-state index contributed by atoms with van der Waals surface area (Å²) in [5.41, 5.74) is 0.392. The highest BCUT2D eigenvalue weighted by Crippen LogP contribution is 2.30. The zero-order valence-electron chi connectivity index (χ0n) is 8.91. The van der Waals surface area contributed by atoms with E-state index in [1.54, 1.807) is 12.1 Å². The quantitative estimate of drug-likeness (QED) is 0.625. The number of carbonyl (C=O) groups is 2. The lowest BCUT2D eigenvalue weighted by Gasteiger charge is -2.04. The van der Waals surface area contributed by atoms with Gasteiger partial charge in [-0.1, -0.05) is 23.2 Å². The molecule has 1 fully saturated rings. The van der Waals surface area contributed by atoms with Crippen LogP contribution in [0.1, 0.15) is 23.2 Å². The minimum Gasteiger partial charge on any atom is -0.457 e. The molecule has 0 aromatic heterocycles. The number of carbonyl (C=O) groups excluding carboxylic acids is 2. The third-order valence-electron chi connectivity index (χ3n) is 2.50. The largest absolute Gasteiger partial charge is 0.457 e. The van der Waals surface area contributed by atoms with Gasteiger partial charge in [0.1, 0.15) is 0 Å². The molecular formula is C12H10Cl2O3. The van der Waals surface area contributed by atoms with E-state index in [1.807, 2.05) is 0 Å². The number of esters is 1. The van der Waals surface area contributed by atoms with Crippen molar-refractivity contribution in [1.29, 1.82) is 0 Å². The Hall–Kier alpha value is -1.06. The van der Waals surface area contributed by atoms with Crippen LogP contribution in [0.3, 0.4) is 0 Å². The molecule has 0 heterocycles. The molecule has 1 aromatic carbocycles. The van der Waals surface area contributed by atoms with E-state index in [0.717, 1.165) is 12.8 Å². The third kappa shape index (κ3) is 3.20. The number of ketones is 1. The molecule has 1 saturated carbocycles. The molecule has 0 bridgehead atoms. The second-order valence-corrected chi connectivity index (χ2v) is 4.75. The molecule has 2 rings (SSSR count). The molecule has 0 aliphatic heterocycles. The van der Waals surface area contributed by atoms with E-state index in [2.05, 4.69) is 0 Å². The predicted molar refractivity (Wildman–Crippen MR) is 64.5 cm³/mol. The summed E-state index contributed by atoms with van der Waals surface area (Å²) in [4.78, 5) is 22.9. The van der Waals surface area contributed by atoms with Crippen LogP contribution in [0.25, 0.3) is 0 Å². The summed E-state index contributed by atoms with van der Waals surface area (Å²) < 4.78 is 4.89. The molecule has 17 heavy (non-hydrogen) atoms. The molecule has 0 radical (unpaired) electrons. The number of halogens is 2. The van der Waals surface area contributed by atoms with Crippen LogP contribution < -0.4 is 0 Å². The SMILES string of the molecule is O=C(COC(=O)C1CC1)c1ccc(Cl)c(Cl)c1. The van der Waals surface area contributed by atoms with Crippen LogP contribution in [0.15, 0.2) is 18.2 Å². The smallest absolute Gasteiger partial charge is 0.309 e. The van der Waals surface area contributed by atoms with Crippen LogP contribution in [0.2, 0.25) is 10.0 Å². The fraction of sp³-hybridized carbons (Fsp3) is 0.333. The second kappa shape index (κ2) is 5.07. The van der Waals surface area contributed by atoms with Crippen LogP contribution in [-0.2, 0) is 9.53 Å². The van der Waals surface area contributed by atoms with Crippen molar-refractivity contribution < 1.29 is 14.3 Å². The summed E-state index contributed by atoms with van der Waals surface area (Å²) >= 11 is 11.5. The van der Waals surface area contributed by atoms with Crippen molar-refractivity contribution in [2.45, 2.75) is 12.8 Å². The standard InChI is InChI=1S/C12H10Cl2O3/c13-9-4-3-8(5-10(9)14)11(15)6-17-12(16)7-1-2-7/h3-5,7H,1-2,6H2. The first-order valence-electron chi connectivity index (χ1n) is 5.23. The first-order chi connectivity index (χ1) is 8.08. The first kappa shape index (κ1) is 12.4. The molecule has 1 aliphatic rings. The van der Waals surface area contributed by atoms with E-state index in [-0.39, 0.29) is 24.3 Å². The van der Waals surface area contributed by atoms with Gasteiger partial charge in [0.2, 0.25) is 0 Å². The summed E-state index contributed by atoms with van der Waals surface area (Å²) in [7, 11) is 0. The summed E-state index contributed by atoms with van der Waals surface area (Å²) in [5, 5.41) is 0.698. The Morgan fingerprint density at radius 3 is 2.53 bits per heavy atom. The van der Waals surface area contributed by atoms with Gasteiger partial charge in [-0.25, -0.2) is 0 Å². The third-order valence-corrected chi connectivity index (χ3v) is 3.24. The molecular weight excluding hydrogens is 263 g/mol. The predicted octanol–water partition coefficient (Wildman–Crippen LogP) is 3.13. The van der Waals surface area contributed by atoms with Crippen LogP contribution in [0.4, 0.5) is 0 Å². The van der Waals surface area contributed by atoms with Crippen molar-refractivity contribution in [2.24, 2.45) is 5.92 Å². The van der Waals surface area contributed by atoms with E-state index in [1.165, 1.54) is 6.07 Å². The number of rotatable bonds is 4. The summed E-state index contributed by atoms with van der Waals surface area (Å²) in [6, 6.07) is 4.57. The van der Waals surface area contributed by atoms with Gasteiger partial charge in [0.15, 0.2) is 12.4 Å². The fourth-order valence-electron chi connectivity index (χ4n) is 1.33. The molecule has 90 valence electrons. The van der Waals surface area contributed by atoms with E-state index in [9.17, 15) is 9.59 Å². The Morgan fingerprint density at radius 2 is 1.94 bits per heavy atom. The molecule has 0 amide bonds. The lowest BCUT2D eigenvalue weighted by molar-refractivity contribution is -0.144. The lowest BCUT2D eigenvalue weighted by Crippen LogP contribution is -2.15. The van der Waals surface area contributed by atoms with Crippen molar-refractivity contribution in [3.63, 3.8) is 0 Å². The van der Waals surface area contributed by atoms with Gasteiger partial charge in [-0.2, -0.15) is 0 Å². The van der Waals surface area contributed by atoms with Gasteiger partial charge in [-0.3, -0.25) is 9.59 Å². The van der Waals surface area contributed by atoms with Gasteiger partial charge in [-0.05, 0) is 31.0 Å². The van der Waals surface area contributed by atoms with E-state index >= 15 is 0 Å². The molecule has 0 atom stereocenters. The Kier molecular flexibility index (Phi) is 3.69. The van der Waals surface area contributed by atoms with Crippen LogP contribution >= 0.6 is 23.2 Å². The molecule has 3 nitrogen and oxygen atoms in total. The Morgan fingerprint density at radius 1 is 1.24 bits per heavy atom. The van der Waals surface area contributed by atoms with Gasteiger partial charge in [-0.15, -0.1) is 0 Å². The van der Waals surface area contributed by atoms with Gasteiger partial charge >= 0.3 is 5.97 Å². The zero-order valence-corrected chi connectivity index (χ0v) is 10.4. The number of benzene rings is 1. The van der Waals surface area contributed by atoms with Crippen LogP contribution in [0, 0.1) is 5.92 Å². The van der Waals surface area contributed by atoms with Gasteiger partial charge in [0, 0.05) is 5.56 Å². The monoisotopic (exact) mass is 272 g/mol. The maximum Gasteiger partial charge on any atom is 0.309 e. The molecule has 1 aliphatic carbocycles. The van der Waals surface area contributed by atoms with E-state index < -0.39 is 0 Å². The van der Waals surface area contributed by atoms with Crippen molar-refractivity contribution in [3.8, 4) is 0 Å². The second-order valence-electron chi connectivity index (χ2n) is 3.93. The average Bonchev–Trinajstić information content (AvgIpc) is 3.13. The fourth-order valence-corrected chi connectivity index (χ4v) is 1.62. The van der Waals surface area contributed by atoms with Crippen LogP contribution in [0.5, 0.6) is 0 Å². The van der Waals surface area contributed by atoms with Crippen LogP contribution in [-0.4, -0.2) is 18.4 Å². The average molecular weight is 273 g/mol. The lowest BCUT2D eigenvalue weighted by atomic mass is 10.1. The van der Waals surface area contributed by atoms with E-state index in [0.29, 0.717) is 15.6 Å². The Bertz CT molecular complexity index is 467. The minimum absolute atomic E-state index is 0.00314. The maximum absolute atomic E-state index is 11.7. The Labute approximate surface area is 109 Å². The molecule has 0 saturated heterocycles. The molecule has 0 unspecified atom stereocenters. The zero-order chi connectivity index (χ0) is 12.4. The normalized spacial score (nSPS) is 14.5. The van der Waals surface area contributed by atoms with Crippen molar-refractivity contribution in [2.75, 3.05) is 6.61 Å². The highest BCUT2D eigenvalue weighted by molar-refractivity contribution is 6.42. The van der Waals surface area contributed by atoms with Crippen molar-refractivity contribution in [3.05, 3.63) is 33.8 Å². The Balaban J connectivity index is 1.94. The van der Waals surface area contributed by atoms with Crippen molar-refractivity contribution >= 4 is 35.0 Å². The first-order valence-corrected chi connectivity index (χ1v) is 5.98.